The lowest BCUT2D eigenvalue weighted by Crippen LogP contribution is -2.23. The van der Waals surface area contributed by atoms with E-state index in [1.807, 2.05) is 0 Å². The van der Waals surface area contributed by atoms with Crippen LogP contribution in [0.5, 0.6) is 5.75 Å². The Morgan fingerprint density at radius 1 is 1.43 bits per heavy atom. The van der Waals surface area contributed by atoms with Gasteiger partial charge in [-0.05, 0) is 17.7 Å². The van der Waals surface area contributed by atoms with E-state index < -0.39 is 10.5 Å². The number of nitriles is 1. The van der Waals surface area contributed by atoms with Crippen LogP contribution in [0.2, 0.25) is 0 Å². The van der Waals surface area contributed by atoms with Gasteiger partial charge in [-0.25, -0.2) is 0 Å². The standard InChI is InChI=1S/C14H11N3O4/c1-21-13-4-2-3-10(5-13)8-16-9-12(17(19)20)6-11(7-15)14(16)18/h2-6,9H,8H2,1H3. The van der Waals surface area contributed by atoms with Crippen LogP contribution in [0, 0.1) is 21.4 Å². The Kier molecular flexibility index (Phi) is 4.00. The number of hydrogen-bond acceptors (Lipinski definition) is 5. The Labute approximate surface area is 119 Å². The fraction of sp³-hybridized carbons (Fsp3) is 0.143. The minimum absolute atomic E-state index is 0.117. The maximum absolute atomic E-state index is 12.0. The van der Waals surface area contributed by atoms with Gasteiger partial charge in [0.2, 0.25) is 0 Å². The van der Waals surface area contributed by atoms with E-state index in [1.54, 1.807) is 30.3 Å². The zero-order valence-electron chi connectivity index (χ0n) is 11.1. The van der Waals surface area contributed by atoms with Crippen molar-refractivity contribution in [1.82, 2.24) is 4.57 Å². The highest BCUT2D eigenvalue weighted by Crippen LogP contribution is 2.15. The molecule has 0 atom stereocenters. The maximum Gasteiger partial charge on any atom is 0.287 e. The number of nitro groups is 1. The molecule has 1 heterocycles. The summed E-state index contributed by atoms with van der Waals surface area (Å²) in [5, 5.41) is 19.7. The molecule has 1 aromatic carbocycles. The van der Waals surface area contributed by atoms with Crippen molar-refractivity contribution < 1.29 is 9.66 Å². The summed E-state index contributed by atoms with van der Waals surface area (Å²) in [4.78, 5) is 22.2. The molecule has 0 aliphatic carbocycles. The number of benzene rings is 1. The molecule has 7 heteroatoms. The maximum atomic E-state index is 12.0. The number of ether oxygens (including phenoxy) is 1. The SMILES string of the molecule is COc1cccc(Cn2cc([N+](=O)[O-])cc(C#N)c2=O)c1. The van der Waals surface area contributed by atoms with E-state index in [2.05, 4.69) is 0 Å². The highest BCUT2D eigenvalue weighted by Gasteiger charge is 2.14. The zero-order chi connectivity index (χ0) is 15.4. The third-order valence-corrected chi connectivity index (χ3v) is 2.89. The van der Waals surface area contributed by atoms with Gasteiger partial charge >= 0.3 is 0 Å². The molecule has 0 fully saturated rings. The van der Waals surface area contributed by atoms with E-state index in [0.717, 1.165) is 22.4 Å². The molecule has 21 heavy (non-hydrogen) atoms. The molecule has 106 valence electrons. The first-order chi connectivity index (χ1) is 10.0. The molecule has 0 amide bonds. The van der Waals surface area contributed by atoms with Crippen LogP contribution in [-0.2, 0) is 6.54 Å². The van der Waals surface area contributed by atoms with Crippen LogP contribution in [-0.4, -0.2) is 16.6 Å². The van der Waals surface area contributed by atoms with Crippen molar-refractivity contribution in [2.75, 3.05) is 7.11 Å². The van der Waals surface area contributed by atoms with Gasteiger partial charge in [0.05, 0.1) is 24.8 Å². The molecule has 0 saturated heterocycles. The summed E-state index contributed by atoms with van der Waals surface area (Å²) in [7, 11) is 1.52. The molecule has 7 nitrogen and oxygen atoms in total. The van der Waals surface area contributed by atoms with Crippen molar-refractivity contribution in [1.29, 1.82) is 5.26 Å². The van der Waals surface area contributed by atoms with Gasteiger partial charge in [0.15, 0.2) is 0 Å². The Morgan fingerprint density at radius 3 is 2.81 bits per heavy atom. The van der Waals surface area contributed by atoms with Crippen LogP contribution in [0.25, 0.3) is 0 Å². The topological polar surface area (TPSA) is 98.2 Å². The van der Waals surface area contributed by atoms with E-state index in [4.69, 9.17) is 10.00 Å². The zero-order valence-corrected chi connectivity index (χ0v) is 11.1. The predicted molar refractivity (Wildman–Crippen MR) is 74.2 cm³/mol. The predicted octanol–water partition coefficient (Wildman–Crippen LogP) is 1.69. The van der Waals surface area contributed by atoms with E-state index in [-0.39, 0.29) is 17.8 Å². The number of nitrogens with zero attached hydrogens (tertiary/aromatic N) is 3. The Morgan fingerprint density at radius 2 is 2.19 bits per heavy atom. The van der Waals surface area contributed by atoms with E-state index in [1.165, 1.54) is 7.11 Å². The van der Waals surface area contributed by atoms with Crippen molar-refractivity contribution in [3.63, 3.8) is 0 Å². The summed E-state index contributed by atoms with van der Waals surface area (Å²) < 4.78 is 6.23. The summed E-state index contributed by atoms with van der Waals surface area (Å²) in [6, 6.07) is 9.64. The highest BCUT2D eigenvalue weighted by atomic mass is 16.6. The Balaban J connectivity index is 2.48. The number of pyridine rings is 1. The lowest BCUT2D eigenvalue weighted by molar-refractivity contribution is -0.385. The van der Waals surface area contributed by atoms with Crippen LogP contribution in [0.4, 0.5) is 5.69 Å². The monoisotopic (exact) mass is 285 g/mol. The van der Waals surface area contributed by atoms with E-state index in [9.17, 15) is 14.9 Å². The first-order valence-electron chi connectivity index (χ1n) is 5.97. The molecule has 0 N–H and O–H groups in total. The number of methoxy groups -OCH3 is 1. The summed E-state index contributed by atoms with van der Waals surface area (Å²) >= 11 is 0. The summed E-state index contributed by atoms with van der Waals surface area (Å²) in [6.07, 6.45) is 1.13. The second-order valence-corrected chi connectivity index (χ2v) is 4.27. The minimum atomic E-state index is -0.637. The average molecular weight is 285 g/mol. The van der Waals surface area contributed by atoms with Crippen LogP contribution in [0.15, 0.2) is 41.3 Å². The van der Waals surface area contributed by atoms with Crippen LogP contribution in [0.1, 0.15) is 11.1 Å². The lowest BCUT2D eigenvalue weighted by Gasteiger charge is -2.07. The molecule has 0 bridgehead atoms. The lowest BCUT2D eigenvalue weighted by atomic mass is 10.2. The van der Waals surface area contributed by atoms with Crippen molar-refractivity contribution >= 4 is 5.69 Å². The van der Waals surface area contributed by atoms with Gasteiger partial charge in [0.1, 0.15) is 17.4 Å². The third-order valence-electron chi connectivity index (χ3n) is 2.89. The van der Waals surface area contributed by atoms with Gasteiger partial charge in [0.25, 0.3) is 11.2 Å². The van der Waals surface area contributed by atoms with Crippen molar-refractivity contribution in [2.24, 2.45) is 0 Å². The quantitative estimate of drug-likeness (QED) is 0.628. The van der Waals surface area contributed by atoms with Crippen LogP contribution >= 0.6 is 0 Å². The Bertz CT molecular complexity index is 790. The largest absolute Gasteiger partial charge is 0.497 e. The molecule has 1 aromatic heterocycles. The molecule has 0 unspecified atom stereocenters. The number of hydrogen-bond donors (Lipinski definition) is 0. The molecule has 2 rings (SSSR count). The number of rotatable bonds is 4. The average Bonchev–Trinajstić information content (AvgIpc) is 2.49. The molecule has 0 aliphatic rings. The van der Waals surface area contributed by atoms with Crippen molar-refractivity contribution in [3.05, 3.63) is 68.1 Å². The number of aromatic nitrogens is 1. The van der Waals surface area contributed by atoms with Crippen molar-refractivity contribution in [2.45, 2.75) is 6.54 Å². The van der Waals surface area contributed by atoms with Gasteiger partial charge in [-0.3, -0.25) is 14.9 Å². The third kappa shape index (κ3) is 3.06. The molecule has 0 radical (unpaired) electrons. The van der Waals surface area contributed by atoms with Gasteiger partial charge in [-0.15, -0.1) is 0 Å². The summed E-state index contributed by atoms with van der Waals surface area (Å²) in [5.74, 6) is 0.617. The van der Waals surface area contributed by atoms with Gasteiger partial charge in [0, 0.05) is 6.07 Å². The fourth-order valence-corrected chi connectivity index (χ4v) is 1.88. The molecular formula is C14H11N3O4. The fourth-order valence-electron chi connectivity index (χ4n) is 1.88. The van der Waals surface area contributed by atoms with Gasteiger partial charge < -0.3 is 9.30 Å². The molecule has 2 aromatic rings. The summed E-state index contributed by atoms with van der Waals surface area (Å²) in [5.41, 5.74) is -0.382. The van der Waals surface area contributed by atoms with E-state index >= 15 is 0 Å². The highest BCUT2D eigenvalue weighted by molar-refractivity contribution is 5.38. The van der Waals surface area contributed by atoms with E-state index in [0.29, 0.717) is 5.75 Å². The summed E-state index contributed by atoms with van der Waals surface area (Å²) in [6.45, 7) is 0.117. The molecular weight excluding hydrogens is 274 g/mol. The second kappa shape index (κ2) is 5.88. The van der Waals surface area contributed by atoms with Gasteiger partial charge in [-0.1, -0.05) is 12.1 Å². The molecule has 0 spiro atoms. The first kappa shape index (κ1) is 14.3. The van der Waals surface area contributed by atoms with Crippen molar-refractivity contribution in [3.8, 4) is 11.8 Å². The normalized spacial score (nSPS) is 9.90. The first-order valence-corrected chi connectivity index (χ1v) is 5.97. The minimum Gasteiger partial charge on any atom is -0.497 e. The Hall–Kier alpha value is -3.14. The molecule has 0 saturated carbocycles. The van der Waals surface area contributed by atoms with Crippen LogP contribution in [0.3, 0.4) is 0 Å². The van der Waals surface area contributed by atoms with Crippen LogP contribution < -0.4 is 10.3 Å². The molecule has 0 aliphatic heterocycles. The second-order valence-electron chi connectivity index (χ2n) is 4.27. The smallest absolute Gasteiger partial charge is 0.287 e. The van der Waals surface area contributed by atoms with Gasteiger partial charge in [-0.2, -0.15) is 5.26 Å².